The number of allylic oxidation sites excluding steroid dienone is 6. The van der Waals surface area contributed by atoms with Crippen LogP contribution in [0.5, 0.6) is 0 Å². The van der Waals surface area contributed by atoms with Gasteiger partial charge in [0.25, 0.3) is 0 Å². The number of nitrogens with zero attached hydrogens (tertiary/aromatic N) is 1. The SMILES string of the molecule is C=C/C(F)=C\C=C\CCNC(=C)/C=C\C(=C)N(C)C. The summed E-state index contributed by atoms with van der Waals surface area (Å²) in [6, 6.07) is 0. The summed E-state index contributed by atoms with van der Waals surface area (Å²) >= 11 is 0. The molecule has 0 atom stereocenters. The summed E-state index contributed by atoms with van der Waals surface area (Å²) in [4.78, 5) is 1.92. The van der Waals surface area contributed by atoms with Crippen LogP contribution < -0.4 is 5.32 Å². The van der Waals surface area contributed by atoms with Gasteiger partial charge in [-0.2, -0.15) is 0 Å². The minimum absolute atomic E-state index is 0.334. The van der Waals surface area contributed by atoms with Crippen molar-refractivity contribution in [2.45, 2.75) is 6.42 Å². The van der Waals surface area contributed by atoms with E-state index in [9.17, 15) is 4.39 Å². The average molecular weight is 262 g/mol. The van der Waals surface area contributed by atoms with E-state index in [1.807, 2.05) is 37.2 Å². The first kappa shape index (κ1) is 17.0. The van der Waals surface area contributed by atoms with E-state index in [1.54, 1.807) is 6.08 Å². The van der Waals surface area contributed by atoms with Crippen molar-refractivity contribution in [2.24, 2.45) is 0 Å². The second kappa shape index (κ2) is 9.95. The molecule has 0 aliphatic carbocycles. The van der Waals surface area contributed by atoms with E-state index in [4.69, 9.17) is 0 Å². The fraction of sp³-hybridized carbons (Fsp3) is 0.250. The maximum absolute atomic E-state index is 12.7. The summed E-state index contributed by atoms with van der Waals surface area (Å²) in [5, 5.41) is 3.15. The van der Waals surface area contributed by atoms with Crippen LogP contribution in [-0.2, 0) is 0 Å². The van der Waals surface area contributed by atoms with Gasteiger partial charge in [-0.25, -0.2) is 4.39 Å². The van der Waals surface area contributed by atoms with E-state index in [0.717, 1.165) is 24.4 Å². The number of hydrogen-bond donors (Lipinski definition) is 1. The predicted molar refractivity (Wildman–Crippen MR) is 82.3 cm³/mol. The van der Waals surface area contributed by atoms with Gasteiger partial charge >= 0.3 is 0 Å². The van der Waals surface area contributed by atoms with Crippen molar-refractivity contribution in [1.82, 2.24) is 10.2 Å². The number of likely N-dealkylation sites (N-methyl/N-ethyl adjacent to an activating group) is 1. The van der Waals surface area contributed by atoms with Crippen LogP contribution in [-0.4, -0.2) is 25.5 Å². The third-order valence-corrected chi connectivity index (χ3v) is 2.30. The second-order valence-electron chi connectivity index (χ2n) is 4.14. The first-order valence-corrected chi connectivity index (χ1v) is 6.09. The lowest BCUT2D eigenvalue weighted by Gasteiger charge is -2.11. The van der Waals surface area contributed by atoms with Crippen molar-refractivity contribution in [3.05, 3.63) is 73.4 Å². The Labute approximate surface area is 116 Å². The molecule has 104 valence electrons. The lowest BCUT2D eigenvalue weighted by Crippen LogP contribution is -2.12. The highest BCUT2D eigenvalue weighted by atomic mass is 19.1. The molecule has 0 rings (SSSR count). The minimum Gasteiger partial charge on any atom is -0.385 e. The highest BCUT2D eigenvalue weighted by Crippen LogP contribution is 1.99. The van der Waals surface area contributed by atoms with Crippen LogP contribution in [0.4, 0.5) is 4.39 Å². The minimum atomic E-state index is -0.334. The monoisotopic (exact) mass is 262 g/mol. The smallest absolute Gasteiger partial charge is 0.122 e. The van der Waals surface area contributed by atoms with E-state index < -0.39 is 0 Å². The number of halogens is 1. The summed E-state index contributed by atoms with van der Waals surface area (Å²) in [7, 11) is 3.87. The molecule has 0 aromatic rings. The molecule has 0 radical (unpaired) electrons. The van der Waals surface area contributed by atoms with E-state index in [-0.39, 0.29) is 5.83 Å². The molecule has 0 bridgehead atoms. The molecule has 0 saturated carbocycles. The van der Waals surface area contributed by atoms with E-state index in [2.05, 4.69) is 25.1 Å². The highest BCUT2D eigenvalue weighted by Gasteiger charge is 1.90. The Morgan fingerprint density at radius 2 is 1.95 bits per heavy atom. The van der Waals surface area contributed by atoms with E-state index in [1.165, 1.54) is 12.2 Å². The molecule has 0 saturated heterocycles. The zero-order valence-electron chi connectivity index (χ0n) is 11.8. The molecule has 0 aliphatic rings. The molecular formula is C16H23FN2. The fourth-order valence-corrected chi connectivity index (χ4v) is 1.05. The fourth-order valence-electron chi connectivity index (χ4n) is 1.05. The second-order valence-corrected chi connectivity index (χ2v) is 4.14. The molecule has 19 heavy (non-hydrogen) atoms. The van der Waals surface area contributed by atoms with Crippen LogP contribution in [0.1, 0.15) is 6.42 Å². The van der Waals surface area contributed by atoms with Gasteiger partial charge in [0.15, 0.2) is 0 Å². The molecule has 3 heteroatoms. The standard InChI is InChI=1S/C16H23FN2/c1-6-16(17)10-8-7-9-13-18-14(2)11-12-15(3)19(4)5/h6-8,10-12,18H,1-3,9,13H2,4-5H3/b8-7+,12-11-,16-10+. The zero-order valence-corrected chi connectivity index (χ0v) is 11.8. The summed E-state index contributed by atoms with van der Waals surface area (Å²) < 4.78 is 12.7. The predicted octanol–water partition coefficient (Wildman–Crippen LogP) is 3.71. The summed E-state index contributed by atoms with van der Waals surface area (Å²) in [5.74, 6) is -0.334. The van der Waals surface area contributed by atoms with Crippen molar-refractivity contribution in [2.75, 3.05) is 20.6 Å². The van der Waals surface area contributed by atoms with Crippen LogP contribution in [0.3, 0.4) is 0 Å². The number of hydrogen-bond acceptors (Lipinski definition) is 2. The summed E-state index contributed by atoms with van der Waals surface area (Å²) in [6.45, 7) is 11.8. The van der Waals surface area contributed by atoms with Crippen LogP contribution >= 0.6 is 0 Å². The molecule has 0 aromatic heterocycles. The van der Waals surface area contributed by atoms with Gasteiger partial charge in [0.05, 0.1) is 0 Å². The van der Waals surface area contributed by atoms with Crippen LogP contribution in [0.2, 0.25) is 0 Å². The average Bonchev–Trinajstić information content (AvgIpc) is 2.39. The Balaban J connectivity index is 3.87. The maximum Gasteiger partial charge on any atom is 0.122 e. The summed E-state index contributed by atoms with van der Waals surface area (Å²) in [5.41, 5.74) is 1.73. The molecule has 0 fully saturated rings. The largest absolute Gasteiger partial charge is 0.385 e. The Bertz CT molecular complexity index is 401. The number of nitrogens with one attached hydrogen (secondary N) is 1. The van der Waals surface area contributed by atoms with Crippen molar-refractivity contribution >= 4 is 0 Å². The van der Waals surface area contributed by atoms with Gasteiger partial charge in [0, 0.05) is 32.0 Å². The van der Waals surface area contributed by atoms with E-state index in [0.29, 0.717) is 0 Å². The summed E-state index contributed by atoms with van der Waals surface area (Å²) in [6.07, 6.45) is 10.7. The van der Waals surface area contributed by atoms with Crippen LogP contribution in [0.25, 0.3) is 0 Å². The molecule has 0 aliphatic heterocycles. The lowest BCUT2D eigenvalue weighted by molar-refractivity contribution is 0.532. The Kier molecular flexibility index (Phi) is 8.88. The van der Waals surface area contributed by atoms with Gasteiger partial charge < -0.3 is 10.2 Å². The van der Waals surface area contributed by atoms with Gasteiger partial charge in [-0.15, -0.1) is 0 Å². The number of rotatable bonds is 9. The van der Waals surface area contributed by atoms with Crippen molar-refractivity contribution < 1.29 is 4.39 Å². The van der Waals surface area contributed by atoms with Crippen molar-refractivity contribution in [3.8, 4) is 0 Å². The van der Waals surface area contributed by atoms with Crippen LogP contribution in [0, 0.1) is 0 Å². The van der Waals surface area contributed by atoms with Gasteiger partial charge in [-0.05, 0) is 30.7 Å². The van der Waals surface area contributed by atoms with Crippen molar-refractivity contribution in [3.63, 3.8) is 0 Å². The third-order valence-electron chi connectivity index (χ3n) is 2.30. The van der Waals surface area contributed by atoms with Gasteiger partial charge in [0.1, 0.15) is 5.83 Å². The maximum atomic E-state index is 12.7. The highest BCUT2D eigenvalue weighted by molar-refractivity contribution is 5.22. The molecule has 0 aromatic carbocycles. The molecule has 0 heterocycles. The topological polar surface area (TPSA) is 15.3 Å². The molecule has 2 nitrogen and oxygen atoms in total. The molecule has 0 amide bonds. The third kappa shape index (κ3) is 9.65. The Hall–Kier alpha value is -2.03. The lowest BCUT2D eigenvalue weighted by atomic mass is 10.3. The van der Waals surface area contributed by atoms with E-state index >= 15 is 0 Å². The van der Waals surface area contributed by atoms with Gasteiger partial charge in [0.2, 0.25) is 0 Å². The molecule has 0 unspecified atom stereocenters. The molecular weight excluding hydrogens is 239 g/mol. The molecule has 0 spiro atoms. The first-order valence-electron chi connectivity index (χ1n) is 6.09. The Morgan fingerprint density at radius 3 is 2.53 bits per heavy atom. The molecule has 1 N–H and O–H groups in total. The quantitative estimate of drug-likeness (QED) is 0.503. The van der Waals surface area contributed by atoms with Gasteiger partial charge in [-0.1, -0.05) is 31.9 Å². The normalized spacial score (nSPS) is 11.8. The van der Waals surface area contributed by atoms with Gasteiger partial charge in [-0.3, -0.25) is 0 Å². The zero-order chi connectivity index (χ0) is 14.7. The Morgan fingerprint density at radius 1 is 1.26 bits per heavy atom. The first-order chi connectivity index (χ1) is 8.97. The van der Waals surface area contributed by atoms with Crippen molar-refractivity contribution in [1.29, 1.82) is 0 Å². The van der Waals surface area contributed by atoms with Crippen LogP contribution in [0.15, 0.2) is 73.4 Å².